The average Bonchev–Trinajstić information content (AvgIpc) is 3.26. The van der Waals surface area contributed by atoms with Gasteiger partial charge >= 0.3 is 0 Å². The van der Waals surface area contributed by atoms with Crippen LogP contribution in [0, 0.1) is 0 Å². The standard InChI is InChI=1S/C24H48N6O13/c1-5(26)18-16(36)15(35)11(30)23(40-18)41-19-7(28)2-6(27)12(32)21(19)43-24-17(37)20(9(4-31)39-24)42-22-10(29)14(34)13(33)8(3-25)38-22/h5-24,31-37H,2-4,25-30H2,1H3/t5?,6-,7?,8?,9-,10?,11?,12?,13-,14?,15?,16+,17+,18?,19-,20?,21?,22-,23-,24+/m1/s1. The molecule has 4 aliphatic rings. The van der Waals surface area contributed by atoms with E-state index in [2.05, 4.69) is 0 Å². The third-order valence-electron chi connectivity index (χ3n) is 8.60. The molecule has 0 spiro atoms. The van der Waals surface area contributed by atoms with Crippen molar-refractivity contribution in [3.63, 3.8) is 0 Å². The van der Waals surface area contributed by atoms with Crippen LogP contribution in [-0.4, -0.2) is 171 Å². The highest BCUT2D eigenvalue weighted by atomic mass is 16.8. The molecule has 0 aromatic carbocycles. The molecule has 19 nitrogen and oxygen atoms in total. The van der Waals surface area contributed by atoms with Gasteiger partial charge in [-0.15, -0.1) is 0 Å². The van der Waals surface area contributed by atoms with Gasteiger partial charge in [-0.2, -0.15) is 0 Å². The summed E-state index contributed by atoms with van der Waals surface area (Å²) in [7, 11) is 0. The number of aliphatic hydroxyl groups is 7. The molecule has 252 valence electrons. The Bertz CT molecular complexity index is 899. The fourth-order valence-electron chi connectivity index (χ4n) is 5.94. The molecule has 1 saturated carbocycles. The maximum atomic E-state index is 11.1. The molecule has 4 fully saturated rings. The van der Waals surface area contributed by atoms with E-state index in [4.69, 9.17) is 62.8 Å². The number of ether oxygens (including phenoxy) is 6. The third-order valence-corrected chi connectivity index (χ3v) is 8.60. The smallest absolute Gasteiger partial charge is 0.187 e. The van der Waals surface area contributed by atoms with Crippen molar-refractivity contribution in [2.75, 3.05) is 13.2 Å². The minimum Gasteiger partial charge on any atom is -0.394 e. The topological polar surface area (TPSA) is 353 Å². The second kappa shape index (κ2) is 14.3. The SMILES string of the molecule is CC(N)C1O[C@H](O[C@@H]2C(N)C[C@@H](N)C(O)C2O[C@@H]2O[C@H](CO)C(O[C@H]3OC(CN)[C@@H](O)C(O)C3N)[C@@H]2O)C(N)C(O)[C@@H]1O. The van der Waals surface area contributed by atoms with Gasteiger partial charge in [-0.05, 0) is 13.3 Å². The van der Waals surface area contributed by atoms with Gasteiger partial charge in [0.15, 0.2) is 18.9 Å². The molecule has 0 amide bonds. The summed E-state index contributed by atoms with van der Waals surface area (Å²) < 4.78 is 34.9. The van der Waals surface area contributed by atoms with Crippen LogP contribution in [0.4, 0.5) is 0 Å². The molecule has 11 unspecified atom stereocenters. The fraction of sp³-hybridized carbons (Fsp3) is 1.00. The molecule has 4 rings (SSSR count). The Morgan fingerprint density at radius 3 is 1.77 bits per heavy atom. The van der Waals surface area contributed by atoms with Crippen LogP contribution in [0.3, 0.4) is 0 Å². The van der Waals surface area contributed by atoms with E-state index in [-0.39, 0.29) is 13.0 Å². The zero-order valence-corrected chi connectivity index (χ0v) is 23.7. The summed E-state index contributed by atoms with van der Waals surface area (Å²) in [6, 6.07) is -4.92. The lowest BCUT2D eigenvalue weighted by Crippen LogP contribution is -2.69. The quantitative estimate of drug-likeness (QED) is 0.113. The summed E-state index contributed by atoms with van der Waals surface area (Å²) in [5.74, 6) is 0. The molecular weight excluding hydrogens is 580 g/mol. The van der Waals surface area contributed by atoms with Crippen molar-refractivity contribution in [3.05, 3.63) is 0 Å². The zero-order chi connectivity index (χ0) is 31.9. The highest BCUT2D eigenvalue weighted by molar-refractivity contribution is 5.02. The monoisotopic (exact) mass is 628 g/mol. The van der Waals surface area contributed by atoms with Gasteiger partial charge in [-0.1, -0.05) is 0 Å². The van der Waals surface area contributed by atoms with Crippen LogP contribution in [0.2, 0.25) is 0 Å². The van der Waals surface area contributed by atoms with Crippen LogP contribution in [0.5, 0.6) is 0 Å². The van der Waals surface area contributed by atoms with Gasteiger partial charge in [-0.3, -0.25) is 0 Å². The predicted octanol–water partition coefficient (Wildman–Crippen LogP) is -8.51. The Kier molecular flexibility index (Phi) is 11.7. The zero-order valence-electron chi connectivity index (χ0n) is 23.7. The molecule has 0 aromatic rings. The highest BCUT2D eigenvalue weighted by Gasteiger charge is 2.54. The lowest BCUT2D eigenvalue weighted by Gasteiger charge is -2.47. The average molecular weight is 629 g/mol. The van der Waals surface area contributed by atoms with Crippen LogP contribution in [0.15, 0.2) is 0 Å². The molecule has 3 saturated heterocycles. The largest absolute Gasteiger partial charge is 0.394 e. The first-order valence-corrected chi connectivity index (χ1v) is 14.3. The number of rotatable bonds is 9. The molecule has 0 bridgehead atoms. The summed E-state index contributed by atoms with van der Waals surface area (Å²) in [6.45, 7) is 0.750. The fourth-order valence-corrected chi connectivity index (χ4v) is 5.94. The Labute approximate surface area is 247 Å². The van der Waals surface area contributed by atoms with Crippen LogP contribution in [-0.2, 0) is 28.4 Å². The molecule has 0 radical (unpaired) electrons. The first kappa shape index (κ1) is 35.1. The Balaban J connectivity index is 1.50. The van der Waals surface area contributed by atoms with Gasteiger partial charge in [0.05, 0.1) is 24.8 Å². The summed E-state index contributed by atoms with van der Waals surface area (Å²) in [5, 5.41) is 73.4. The number of aliphatic hydroxyl groups excluding tert-OH is 7. The van der Waals surface area contributed by atoms with E-state index in [0.717, 1.165) is 0 Å². The van der Waals surface area contributed by atoms with E-state index in [1.54, 1.807) is 6.92 Å². The van der Waals surface area contributed by atoms with Crippen molar-refractivity contribution in [1.29, 1.82) is 0 Å². The lowest BCUT2D eigenvalue weighted by atomic mass is 9.84. The van der Waals surface area contributed by atoms with E-state index in [9.17, 15) is 35.7 Å². The minimum absolute atomic E-state index is 0.0853. The van der Waals surface area contributed by atoms with Crippen LogP contribution in [0.1, 0.15) is 13.3 Å². The number of nitrogens with two attached hydrogens (primary N) is 6. The van der Waals surface area contributed by atoms with Crippen LogP contribution in [0.25, 0.3) is 0 Å². The van der Waals surface area contributed by atoms with Crippen LogP contribution >= 0.6 is 0 Å². The summed E-state index contributed by atoms with van der Waals surface area (Å²) in [4.78, 5) is 0. The Morgan fingerprint density at radius 2 is 1.19 bits per heavy atom. The molecule has 0 aromatic heterocycles. The highest BCUT2D eigenvalue weighted by Crippen LogP contribution is 2.34. The normalized spacial score (nSPS) is 53.6. The van der Waals surface area contributed by atoms with Crippen molar-refractivity contribution in [2.24, 2.45) is 34.4 Å². The minimum atomic E-state index is -1.61. The van der Waals surface area contributed by atoms with E-state index in [0.29, 0.717) is 0 Å². The number of hydrogen-bond acceptors (Lipinski definition) is 19. The second-order valence-corrected chi connectivity index (χ2v) is 11.8. The first-order chi connectivity index (χ1) is 20.2. The van der Waals surface area contributed by atoms with Crippen molar-refractivity contribution in [1.82, 2.24) is 0 Å². The molecule has 19 heteroatoms. The maximum Gasteiger partial charge on any atom is 0.187 e. The van der Waals surface area contributed by atoms with Crippen molar-refractivity contribution in [2.45, 2.75) is 136 Å². The molecule has 43 heavy (non-hydrogen) atoms. The van der Waals surface area contributed by atoms with E-state index < -0.39 is 129 Å². The molecule has 3 heterocycles. The third kappa shape index (κ3) is 7.00. The van der Waals surface area contributed by atoms with Gasteiger partial charge in [0.1, 0.15) is 67.1 Å². The summed E-state index contributed by atoms with van der Waals surface area (Å²) in [6.07, 6.45) is -19.9. The molecule has 1 aliphatic carbocycles. The second-order valence-electron chi connectivity index (χ2n) is 11.8. The van der Waals surface area contributed by atoms with Crippen molar-refractivity contribution >= 4 is 0 Å². The van der Waals surface area contributed by atoms with Crippen molar-refractivity contribution < 1.29 is 64.2 Å². The Hall–Kier alpha value is -0.760. The molecule has 19 N–H and O–H groups in total. The van der Waals surface area contributed by atoms with Crippen LogP contribution < -0.4 is 34.4 Å². The van der Waals surface area contributed by atoms with Gasteiger partial charge in [0.25, 0.3) is 0 Å². The maximum absolute atomic E-state index is 11.1. The van der Waals surface area contributed by atoms with Crippen molar-refractivity contribution in [3.8, 4) is 0 Å². The van der Waals surface area contributed by atoms with E-state index >= 15 is 0 Å². The van der Waals surface area contributed by atoms with E-state index in [1.165, 1.54) is 0 Å². The van der Waals surface area contributed by atoms with Gasteiger partial charge < -0.3 is 98.6 Å². The predicted molar refractivity (Wildman–Crippen MR) is 143 cm³/mol. The number of hydrogen-bond donors (Lipinski definition) is 13. The molecule has 20 atom stereocenters. The lowest BCUT2D eigenvalue weighted by molar-refractivity contribution is -0.309. The van der Waals surface area contributed by atoms with Gasteiger partial charge in [-0.25, -0.2) is 0 Å². The summed E-state index contributed by atoms with van der Waals surface area (Å²) >= 11 is 0. The molecule has 3 aliphatic heterocycles. The Morgan fingerprint density at radius 1 is 0.651 bits per heavy atom. The first-order valence-electron chi connectivity index (χ1n) is 14.3. The molecular formula is C24H48N6O13. The van der Waals surface area contributed by atoms with Gasteiger partial charge in [0, 0.05) is 24.7 Å². The summed E-state index contributed by atoms with van der Waals surface area (Å²) in [5.41, 5.74) is 36.0. The van der Waals surface area contributed by atoms with E-state index in [1.807, 2.05) is 0 Å². The van der Waals surface area contributed by atoms with Gasteiger partial charge in [0.2, 0.25) is 0 Å².